The van der Waals surface area contributed by atoms with Crippen LogP contribution in [0.5, 0.6) is 0 Å². The molecule has 0 amide bonds. The minimum atomic E-state index is -3.02. The molecule has 7 heteroatoms. The molecule has 4 nitrogen and oxygen atoms in total. The fraction of sp³-hybridized carbons (Fsp3) is 0.417. The van der Waals surface area contributed by atoms with Gasteiger partial charge in [-0.3, -0.25) is 0 Å². The lowest BCUT2D eigenvalue weighted by atomic mass is 10.3. The van der Waals surface area contributed by atoms with Crippen molar-refractivity contribution in [3.05, 3.63) is 29.0 Å². The molecule has 1 aromatic carbocycles. The number of rotatable bonds is 5. The van der Waals surface area contributed by atoms with Crippen molar-refractivity contribution in [1.29, 1.82) is 0 Å². The zero-order valence-corrected chi connectivity index (χ0v) is 12.8. The normalized spacial score (nSPS) is 12.2. The molecule has 0 N–H and O–H groups in total. The number of benzene rings is 1. The maximum Gasteiger partial charge on any atom is 0.151 e. The van der Waals surface area contributed by atoms with Crippen LogP contribution in [0, 0.1) is 0 Å². The maximum atomic E-state index is 11.6. The molecule has 1 heterocycles. The first kappa shape index (κ1) is 14.6. The lowest BCUT2D eigenvalue weighted by molar-refractivity contribution is 0.590. The van der Waals surface area contributed by atoms with Crippen LogP contribution < -0.4 is 0 Å². The number of halogens is 2. The van der Waals surface area contributed by atoms with Crippen LogP contribution in [-0.2, 0) is 22.3 Å². The van der Waals surface area contributed by atoms with Gasteiger partial charge in [0, 0.05) is 17.3 Å². The molecule has 0 saturated carbocycles. The predicted molar refractivity (Wildman–Crippen MR) is 78.6 cm³/mol. The molecule has 0 bridgehead atoms. The smallest absolute Gasteiger partial charge is 0.151 e. The molecule has 2 rings (SSSR count). The van der Waals surface area contributed by atoms with Gasteiger partial charge in [0.1, 0.15) is 5.82 Å². The van der Waals surface area contributed by atoms with E-state index in [2.05, 4.69) is 4.98 Å². The summed E-state index contributed by atoms with van der Waals surface area (Å²) in [7, 11) is -3.02. The average Bonchev–Trinajstić information content (AvgIpc) is 2.73. The quantitative estimate of drug-likeness (QED) is 0.796. The van der Waals surface area contributed by atoms with Gasteiger partial charge >= 0.3 is 0 Å². The SMILES string of the molecule is CCS(=O)(=O)CCn1c(CCl)nc2cc(Cl)ccc21. The summed E-state index contributed by atoms with van der Waals surface area (Å²) in [5.74, 6) is 1.12. The monoisotopic (exact) mass is 320 g/mol. The second kappa shape index (κ2) is 5.69. The second-order valence-corrected chi connectivity index (χ2v) is 7.36. The molecule has 0 spiro atoms. The highest BCUT2D eigenvalue weighted by Crippen LogP contribution is 2.21. The molecule has 0 aliphatic rings. The molecule has 2 aromatic rings. The van der Waals surface area contributed by atoms with Crippen LogP contribution in [0.3, 0.4) is 0 Å². The van der Waals surface area contributed by atoms with Gasteiger partial charge in [0.05, 0.1) is 22.7 Å². The van der Waals surface area contributed by atoms with Crippen LogP contribution in [0.15, 0.2) is 18.2 Å². The molecule has 0 fully saturated rings. The Labute approximate surface area is 122 Å². The van der Waals surface area contributed by atoms with Gasteiger partial charge in [-0.25, -0.2) is 13.4 Å². The Bertz CT molecular complexity index is 695. The summed E-state index contributed by atoms with van der Waals surface area (Å²) >= 11 is 11.8. The summed E-state index contributed by atoms with van der Waals surface area (Å²) in [6.07, 6.45) is 0. The Morgan fingerprint density at radius 2 is 2.11 bits per heavy atom. The summed E-state index contributed by atoms with van der Waals surface area (Å²) in [6, 6.07) is 5.34. The maximum absolute atomic E-state index is 11.6. The van der Waals surface area contributed by atoms with Gasteiger partial charge in [0.15, 0.2) is 9.84 Å². The summed E-state index contributed by atoms with van der Waals surface area (Å²) in [4.78, 5) is 4.37. The Morgan fingerprint density at radius 3 is 2.74 bits per heavy atom. The van der Waals surface area contributed by atoms with Crippen molar-refractivity contribution in [2.24, 2.45) is 0 Å². The third-order valence-electron chi connectivity index (χ3n) is 2.97. The van der Waals surface area contributed by atoms with Crippen LogP contribution in [0.25, 0.3) is 11.0 Å². The fourth-order valence-electron chi connectivity index (χ4n) is 1.88. The van der Waals surface area contributed by atoms with Crippen molar-refractivity contribution in [1.82, 2.24) is 9.55 Å². The highest BCUT2D eigenvalue weighted by Gasteiger charge is 2.13. The molecule has 19 heavy (non-hydrogen) atoms. The van der Waals surface area contributed by atoms with E-state index in [4.69, 9.17) is 23.2 Å². The van der Waals surface area contributed by atoms with E-state index in [9.17, 15) is 8.42 Å². The molecule has 0 saturated heterocycles. The zero-order chi connectivity index (χ0) is 14.0. The minimum Gasteiger partial charge on any atom is -0.326 e. The van der Waals surface area contributed by atoms with Crippen molar-refractivity contribution in [3.63, 3.8) is 0 Å². The zero-order valence-electron chi connectivity index (χ0n) is 10.4. The van der Waals surface area contributed by atoms with E-state index >= 15 is 0 Å². The van der Waals surface area contributed by atoms with E-state index in [1.54, 1.807) is 19.1 Å². The fourth-order valence-corrected chi connectivity index (χ4v) is 3.00. The number of nitrogens with zero attached hydrogens (tertiary/aromatic N) is 2. The predicted octanol–water partition coefficient (Wildman–Crippen LogP) is 2.86. The Balaban J connectivity index is 2.41. The van der Waals surface area contributed by atoms with E-state index in [0.717, 1.165) is 11.0 Å². The van der Waals surface area contributed by atoms with Gasteiger partial charge in [-0.15, -0.1) is 11.6 Å². The number of fused-ring (bicyclic) bond motifs is 1. The Morgan fingerprint density at radius 1 is 1.37 bits per heavy atom. The average molecular weight is 321 g/mol. The number of alkyl halides is 1. The first-order valence-electron chi connectivity index (χ1n) is 5.88. The largest absolute Gasteiger partial charge is 0.326 e. The number of hydrogen-bond donors (Lipinski definition) is 0. The summed E-state index contributed by atoms with van der Waals surface area (Å²) < 4.78 is 25.0. The van der Waals surface area contributed by atoms with Crippen LogP contribution >= 0.6 is 23.2 Å². The van der Waals surface area contributed by atoms with Gasteiger partial charge in [-0.1, -0.05) is 18.5 Å². The van der Waals surface area contributed by atoms with Crippen molar-refractivity contribution in [3.8, 4) is 0 Å². The lowest BCUT2D eigenvalue weighted by Crippen LogP contribution is -2.15. The second-order valence-electron chi connectivity index (χ2n) is 4.18. The van der Waals surface area contributed by atoms with Gasteiger partial charge < -0.3 is 4.57 Å². The lowest BCUT2D eigenvalue weighted by Gasteiger charge is -2.07. The molecule has 0 aliphatic heterocycles. The topological polar surface area (TPSA) is 52.0 Å². The Kier molecular flexibility index (Phi) is 4.38. The van der Waals surface area contributed by atoms with Gasteiger partial charge in [-0.2, -0.15) is 0 Å². The van der Waals surface area contributed by atoms with Gasteiger partial charge in [0.25, 0.3) is 0 Å². The Hall–Kier alpha value is -0.780. The highest BCUT2D eigenvalue weighted by molar-refractivity contribution is 7.91. The first-order chi connectivity index (χ1) is 8.96. The third-order valence-corrected chi connectivity index (χ3v) is 5.13. The number of hydrogen-bond acceptors (Lipinski definition) is 3. The molecular weight excluding hydrogens is 307 g/mol. The third kappa shape index (κ3) is 3.22. The summed E-state index contributed by atoms with van der Waals surface area (Å²) in [5.41, 5.74) is 1.59. The van der Waals surface area contributed by atoms with E-state index in [1.165, 1.54) is 0 Å². The van der Waals surface area contributed by atoms with Crippen molar-refractivity contribution in [2.45, 2.75) is 19.3 Å². The van der Waals surface area contributed by atoms with Gasteiger partial charge in [-0.05, 0) is 18.2 Å². The van der Waals surface area contributed by atoms with Crippen LogP contribution in [0.1, 0.15) is 12.7 Å². The highest BCUT2D eigenvalue weighted by atomic mass is 35.5. The molecule has 104 valence electrons. The molecule has 0 atom stereocenters. The van der Waals surface area contributed by atoms with Crippen LogP contribution in [0.4, 0.5) is 0 Å². The van der Waals surface area contributed by atoms with Crippen molar-refractivity contribution in [2.75, 3.05) is 11.5 Å². The van der Waals surface area contributed by atoms with E-state index in [0.29, 0.717) is 17.4 Å². The molecule has 0 unspecified atom stereocenters. The molecular formula is C12H14Cl2N2O2S. The van der Waals surface area contributed by atoms with E-state index in [-0.39, 0.29) is 17.4 Å². The molecule has 0 radical (unpaired) electrons. The van der Waals surface area contributed by atoms with Gasteiger partial charge in [0.2, 0.25) is 0 Å². The van der Waals surface area contributed by atoms with Crippen LogP contribution in [0.2, 0.25) is 5.02 Å². The van der Waals surface area contributed by atoms with Crippen LogP contribution in [-0.4, -0.2) is 29.5 Å². The van der Waals surface area contributed by atoms with Crippen molar-refractivity contribution >= 4 is 44.1 Å². The number of sulfone groups is 1. The molecule has 1 aromatic heterocycles. The van der Waals surface area contributed by atoms with E-state index < -0.39 is 9.84 Å². The summed E-state index contributed by atoms with van der Waals surface area (Å²) in [5, 5.41) is 0.597. The van der Waals surface area contributed by atoms with Crippen molar-refractivity contribution < 1.29 is 8.42 Å². The summed E-state index contributed by atoms with van der Waals surface area (Å²) in [6.45, 7) is 2.00. The number of aryl methyl sites for hydroxylation is 1. The number of imidazole rings is 1. The minimum absolute atomic E-state index is 0.0848. The number of aromatic nitrogens is 2. The molecule has 0 aliphatic carbocycles. The van der Waals surface area contributed by atoms with E-state index in [1.807, 2.05) is 10.6 Å². The standard InChI is InChI=1S/C12H14Cl2N2O2S/c1-2-19(17,18)6-5-16-11-4-3-9(14)7-10(11)15-12(16)8-13/h3-4,7H,2,5-6,8H2,1H3. The first-order valence-corrected chi connectivity index (χ1v) is 8.61.